The van der Waals surface area contributed by atoms with Crippen molar-refractivity contribution in [2.75, 3.05) is 0 Å². The summed E-state index contributed by atoms with van der Waals surface area (Å²) in [6, 6.07) is 21.4. The van der Waals surface area contributed by atoms with Crippen LogP contribution in [0.15, 0.2) is 66.7 Å². The molecule has 0 aliphatic heterocycles. The standard InChI is InChI=1S/C18H13O2P/c19-12-6-8-15-16-9-7-13(20)11-18(16)21(17(15)10-12)14-4-2-1-3-5-14/h1-11,19-20H. The van der Waals surface area contributed by atoms with Gasteiger partial charge in [0.2, 0.25) is 0 Å². The van der Waals surface area contributed by atoms with Crippen LogP contribution in [0.25, 0.3) is 26.3 Å². The molecule has 0 bridgehead atoms. The fourth-order valence-electron chi connectivity index (χ4n) is 2.85. The van der Waals surface area contributed by atoms with E-state index in [0.717, 1.165) is 21.0 Å². The fraction of sp³-hybridized carbons (Fsp3) is 0. The van der Waals surface area contributed by atoms with E-state index in [1.807, 2.05) is 42.5 Å². The van der Waals surface area contributed by atoms with Crippen molar-refractivity contribution in [1.82, 2.24) is 0 Å². The highest BCUT2D eigenvalue weighted by molar-refractivity contribution is 7.67. The first kappa shape index (κ1) is 12.3. The van der Waals surface area contributed by atoms with E-state index in [4.69, 9.17) is 0 Å². The van der Waals surface area contributed by atoms with Crippen LogP contribution in [0.4, 0.5) is 0 Å². The van der Waals surface area contributed by atoms with E-state index < -0.39 is 7.53 Å². The zero-order chi connectivity index (χ0) is 14.4. The van der Waals surface area contributed by atoms with Crippen LogP contribution in [-0.2, 0) is 0 Å². The van der Waals surface area contributed by atoms with Gasteiger partial charge in [0.1, 0.15) is 11.5 Å². The Labute approximate surface area is 123 Å². The predicted molar refractivity (Wildman–Crippen MR) is 88.8 cm³/mol. The summed E-state index contributed by atoms with van der Waals surface area (Å²) in [5.74, 6) is 0.573. The highest BCUT2D eigenvalue weighted by Crippen LogP contribution is 2.56. The summed E-state index contributed by atoms with van der Waals surface area (Å²) in [7, 11) is -0.724. The Morgan fingerprint density at radius 3 is 1.67 bits per heavy atom. The third-order valence-electron chi connectivity index (χ3n) is 3.75. The summed E-state index contributed by atoms with van der Waals surface area (Å²) in [6.07, 6.45) is 0. The van der Waals surface area contributed by atoms with Crippen molar-refractivity contribution in [1.29, 1.82) is 0 Å². The van der Waals surface area contributed by atoms with Crippen LogP contribution >= 0.6 is 7.53 Å². The molecule has 0 fully saturated rings. The van der Waals surface area contributed by atoms with Gasteiger partial charge in [-0.25, -0.2) is 0 Å². The second-order valence-electron chi connectivity index (χ2n) is 5.07. The third-order valence-corrected chi connectivity index (χ3v) is 6.27. The SMILES string of the molecule is Oc1ccc2c3ccc(O)cc3p(-c3ccccc3)c2c1. The van der Waals surface area contributed by atoms with Crippen molar-refractivity contribution < 1.29 is 10.2 Å². The molecule has 0 amide bonds. The molecule has 0 aliphatic carbocycles. The van der Waals surface area contributed by atoms with E-state index in [-0.39, 0.29) is 11.5 Å². The van der Waals surface area contributed by atoms with Crippen molar-refractivity contribution in [3.8, 4) is 16.8 Å². The van der Waals surface area contributed by atoms with Crippen LogP contribution in [0, 0.1) is 0 Å². The van der Waals surface area contributed by atoms with Gasteiger partial charge in [0.15, 0.2) is 0 Å². The van der Waals surface area contributed by atoms with E-state index in [0.29, 0.717) is 0 Å². The molecule has 0 aliphatic rings. The molecule has 3 heteroatoms. The lowest BCUT2D eigenvalue weighted by molar-refractivity contribution is 0.475. The monoisotopic (exact) mass is 292 g/mol. The maximum absolute atomic E-state index is 9.86. The Morgan fingerprint density at radius 2 is 1.14 bits per heavy atom. The summed E-state index contributed by atoms with van der Waals surface area (Å²) in [4.78, 5) is 0. The second-order valence-corrected chi connectivity index (χ2v) is 7.22. The minimum atomic E-state index is -0.724. The van der Waals surface area contributed by atoms with Crippen LogP contribution < -0.4 is 0 Å². The van der Waals surface area contributed by atoms with Gasteiger partial charge >= 0.3 is 0 Å². The maximum Gasteiger partial charge on any atom is 0.116 e. The Hall–Kier alpha value is -2.44. The molecule has 1 heterocycles. The molecule has 0 saturated heterocycles. The molecule has 0 atom stereocenters. The fourth-order valence-corrected chi connectivity index (χ4v) is 5.53. The zero-order valence-electron chi connectivity index (χ0n) is 11.2. The van der Waals surface area contributed by atoms with Crippen molar-refractivity contribution in [3.63, 3.8) is 0 Å². The quantitative estimate of drug-likeness (QED) is 0.494. The molecule has 0 unspecified atom stereocenters. The zero-order valence-corrected chi connectivity index (χ0v) is 12.1. The lowest BCUT2D eigenvalue weighted by Crippen LogP contribution is -1.66. The van der Waals surface area contributed by atoms with Crippen molar-refractivity contribution in [2.24, 2.45) is 0 Å². The van der Waals surface area contributed by atoms with Gasteiger partial charge < -0.3 is 10.2 Å². The van der Waals surface area contributed by atoms with Crippen LogP contribution in [0.3, 0.4) is 0 Å². The molecule has 21 heavy (non-hydrogen) atoms. The molecule has 3 aromatic carbocycles. The van der Waals surface area contributed by atoms with Gasteiger partial charge in [0.25, 0.3) is 0 Å². The first-order valence-corrected chi connectivity index (χ1v) is 8.10. The Bertz CT molecular complexity index is 896. The van der Waals surface area contributed by atoms with Gasteiger partial charge in [0.05, 0.1) is 0 Å². The number of hydrogen-bond donors (Lipinski definition) is 2. The molecule has 0 spiro atoms. The third kappa shape index (κ3) is 1.88. The first-order chi connectivity index (χ1) is 10.2. The molecule has 4 rings (SSSR count). The molecule has 2 nitrogen and oxygen atoms in total. The van der Waals surface area contributed by atoms with Gasteiger partial charge in [-0.15, -0.1) is 0 Å². The molecule has 4 aromatic rings. The molecular weight excluding hydrogens is 279 g/mol. The van der Waals surface area contributed by atoms with Crippen LogP contribution in [-0.4, -0.2) is 10.2 Å². The van der Waals surface area contributed by atoms with Crippen molar-refractivity contribution in [2.45, 2.75) is 0 Å². The van der Waals surface area contributed by atoms with Gasteiger partial charge in [-0.05, 0) is 52.5 Å². The van der Waals surface area contributed by atoms with Crippen LogP contribution in [0.2, 0.25) is 0 Å². The summed E-state index contributed by atoms with van der Waals surface area (Å²) in [5.41, 5.74) is 0. The summed E-state index contributed by atoms with van der Waals surface area (Å²) < 4.78 is 0. The molecule has 102 valence electrons. The van der Waals surface area contributed by atoms with Crippen LogP contribution in [0.5, 0.6) is 11.5 Å². The number of phenolic OH excluding ortho intramolecular Hbond substituents is 2. The lowest BCUT2D eigenvalue weighted by Gasteiger charge is -2.03. The minimum absolute atomic E-state index is 0.286. The van der Waals surface area contributed by atoms with E-state index in [2.05, 4.69) is 12.1 Å². The average molecular weight is 292 g/mol. The Kier molecular flexibility index (Phi) is 2.66. The normalized spacial score (nSPS) is 11.2. The number of benzene rings is 3. The number of rotatable bonds is 1. The summed E-state index contributed by atoms with van der Waals surface area (Å²) in [5, 5.41) is 25.5. The van der Waals surface area contributed by atoms with E-state index >= 15 is 0 Å². The van der Waals surface area contributed by atoms with Crippen molar-refractivity contribution >= 4 is 28.5 Å². The van der Waals surface area contributed by atoms with Gasteiger partial charge in [-0.3, -0.25) is 0 Å². The number of hydrogen-bond acceptors (Lipinski definition) is 2. The molecule has 2 N–H and O–H groups in total. The second kappa shape index (κ2) is 4.54. The number of aromatic hydroxyl groups is 2. The van der Waals surface area contributed by atoms with E-state index in [1.54, 1.807) is 12.1 Å². The van der Waals surface area contributed by atoms with E-state index in [1.165, 1.54) is 5.30 Å². The number of fused-ring (bicyclic) bond motifs is 3. The van der Waals surface area contributed by atoms with Crippen molar-refractivity contribution in [3.05, 3.63) is 66.7 Å². The first-order valence-electron chi connectivity index (χ1n) is 6.75. The minimum Gasteiger partial charge on any atom is -0.508 e. The predicted octanol–water partition coefficient (Wildman–Crippen LogP) is 5.38. The average Bonchev–Trinajstić information content (AvgIpc) is 2.80. The lowest BCUT2D eigenvalue weighted by atomic mass is 10.1. The van der Waals surface area contributed by atoms with Gasteiger partial charge in [0, 0.05) is 10.2 Å². The Balaban J connectivity index is 2.24. The largest absolute Gasteiger partial charge is 0.508 e. The topological polar surface area (TPSA) is 40.5 Å². The highest BCUT2D eigenvalue weighted by atomic mass is 31.1. The molecule has 0 saturated carbocycles. The summed E-state index contributed by atoms with van der Waals surface area (Å²) in [6.45, 7) is 0. The van der Waals surface area contributed by atoms with Gasteiger partial charge in [-0.2, -0.15) is 0 Å². The summed E-state index contributed by atoms with van der Waals surface area (Å²) >= 11 is 0. The van der Waals surface area contributed by atoms with Gasteiger partial charge in [-0.1, -0.05) is 37.9 Å². The smallest absolute Gasteiger partial charge is 0.116 e. The highest BCUT2D eigenvalue weighted by Gasteiger charge is 2.14. The number of phenols is 2. The molecule has 1 aromatic heterocycles. The maximum atomic E-state index is 9.86. The van der Waals surface area contributed by atoms with Crippen LogP contribution in [0.1, 0.15) is 0 Å². The molecule has 0 radical (unpaired) electrons. The molecular formula is C18H13O2P. The Morgan fingerprint density at radius 1 is 0.619 bits per heavy atom. The van der Waals surface area contributed by atoms with E-state index in [9.17, 15) is 10.2 Å².